The first-order valence-electron chi connectivity index (χ1n) is 9.93. The van der Waals surface area contributed by atoms with E-state index in [1.165, 1.54) is 12.1 Å². The SMILES string of the molecule is Cc1c2c(cc3c4c(c(=O)oc13)CCC4)CN(Cc1cccc(C(F)(F)F)c1)CO2. The van der Waals surface area contributed by atoms with Gasteiger partial charge >= 0.3 is 11.8 Å². The van der Waals surface area contributed by atoms with E-state index >= 15 is 0 Å². The third-order valence-electron chi connectivity index (χ3n) is 5.97. The number of rotatable bonds is 2. The standard InChI is InChI=1S/C23H20F3NO3/c1-13-20-15(9-19-17-6-3-7-18(17)22(28)30-21(13)19)11-27(12-29-20)10-14-4-2-5-16(8-14)23(24,25)26/h2,4-5,8-9H,3,6-7,10-12H2,1H3. The van der Waals surface area contributed by atoms with Crippen molar-refractivity contribution in [2.45, 2.75) is 45.5 Å². The van der Waals surface area contributed by atoms with E-state index in [9.17, 15) is 18.0 Å². The van der Waals surface area contributed by atoms with Gasteiger partial charge in [0.15, 0.2) is 0 Å². The normalized spacial score (nSPS) is 16.4. The van der Waals surface area contributed by atoms with Crippen LogP contribution in [0.1, 0.15) is 39.8 Å². The van der Waals surface area contributed by atoms with Gasteiger partial charge in [-0.05, 0) is 49.4 Å². The molecule has 0 bridgehead atoms. The number of hydrogen-bond acceptors (Lipinski definition) is 4. The molecule has 1 aromatic heterocycles. The van der Waals surface area contributed by atoms with E-state index in [1.807, 2.05) is 17.9 Å². The van der Waals surface area contributed by atoms with Crippen molar-refractivity contribution >= 4 is 11.0 Å². The number of aryl methyl sites for hydroxylation is 2. The Morgan fingerprint density at radius 3 is 2.73 bits per heavy atom. The molecule has 0 saturated heterocycles. The Morgan fingerprint density at radius 2 is 1.93 bits per heavy atom. The van der Waals surface area contributed by atoms with Gasteiger partial charge in [0.25, 0.3) is 0 Å². The number of fused-ring (bicyclic) bond motifs is 4. The Balaban J connectivity index is 1.48. The second kappa shape index (κ2) is 6.87. The minimum Gasteiger partial charge on any atom is -0.477 e. The summed E-state index contributed by atoms with van der Waals surface area (Å²) in [6.45, 7) is 3.04. The van der Waals surface area contributed by atoms with Crippen LogP contribution in [0.15, 0.2) is 39.5 Å². The number of benzene rings is 2. The first-order valence-corrected chi connectivity index (χ1v) is 9.93. The van der Waals surface area contributed by atoms with Crippen LogP contribution < -0.4 is 10.4 Å². The molecule has 5 rings (SSSR count). The summed E-state index contributed by atoms with van der Waals surface area (Å²) in [5.74, 6) is 0.698. The summed E-state index contributed by atoms with van der Waals surface area (Å²) >= 11 is 0. The minimum atomic E-state index is -4.36. The van der Waals surface area contributed by atoms with Gasteiger partial charge in [0.05, 0.1) is 5.56 Å². The van der Waals surface area contributed by atoms with Crippen molar-refractivity contribution in [3.05, 3.63) is 74.1 Å². The van der Waals surface area contributed by atoms with E-state index in [1.54, 1.807) is 6.07 Å². The van der Waals surface area contributed by atoms with Crippen LogP contribution in [-0.2, 0) is 32.1 Å². The van der Waals surface area contributed by atoms with Crippen LogP contribution in [0.4, 0.5) is 13.2 Å². The largest absolute Gasteiger partial charge is 0.477 e. The molecule has 2 heterocycles. The van der Waals surface area contributed by atoms with E-state index in [2.05, 4.69) is 0 Å². The highest BCUT2D eigenvalue weighted by Crippen LogP contribution is 2.38. The van der Waals surface area contributed by atoms with Crippen LogP contribution in [0, 0.1) is 6.92 Å². The van der Waals surface area contributed by atoms with Crippen LogP contribution >= 0.6 is 0 Å². The Hall–Kier alpha value is -2.80. The van der Waals surface area contributed by atoms with Gasteiger partial charge < -0.3 is 9.15 Å². The average Bonchev–Trinajstić information content (AvgIpc) is 3.20. The van der Waals surface area contributed by atoms with E-state index in [4.69, 9.17) is 9.15 Å². The van der Waals surface area contributed by atoms with Crippen molar-refractivity contribution in [3.63, 3.8) is 0 Å². The molecule has 1 aliphatic carbocycles. The predicted octanol–water partition coefficient (Wildman–Crippen LogP) is 4.96. The zero-order valence-electron chi connectivity index (χ0n) is 16.4. The third kappa shape index (κ3) is 3.17. The van der Waals surface area contributed by atoms with Crippen LogP contribution in [0.25, 0.3) is 11.0 Å². The molecule has 156 valence electrons. The second-order valence-corrected chi connectivity index (χ2v) is 8.03. The van der Waals surface area contributed by atoms with Gasteiger partial charge in [-0.3, -0.25) is 4.90 Å². The van der Waals surface area contributed by atoms with Crippen molar-refractivity contribution in [3.8, 4) is 5.75 Å². The molecule has 1 aliphatic heterocycles. The van der Waals surface area contributed by atoms with E-state index in [0.717, 1.165) is 53.0 Å². The third-order valence-corrected chi connectivity index (χ3v) is 5.97. The highest BCUT2D eigenvalue weighted by molar-refractivity contribution is 5.87. The maximum absolute atomic E-state index is 13.0. The smallest absolute Gasteiger partial charge is 0.416 e. The molecule has 4 nitrogen and oxygen atoms in total. The molecule has 30 heavy (non-hydrogen) atoms. The first-order chi connectivity index (χ1) is 14.3. The monoisotopic (exact) mass is 415 g/mol. The van der Waals surface area contributed by atoms with E-state index < -0.39 is 11.7 Å². The summed E-state index contributed by atoms with van der Waals surface area (Å²) in [5.41, 5.74) is 3.83. The number of ether oxygens (including phenoxy) is 1. The molecule has 0 amide bonds. The summed E-state index contributed by atoms with van der Waals surface area (Å²) in [6, 6.07) is 7.40. The van der Waals surface area contributed by atoms with Gasteiger partial charge in [-0.15, -0.1) is 0 Å². The second-order valence-electron chi connectivity index (χ2n) is 8.03. The fraction of sp³-hybridized carbons (Fsp3) is 0.348. The lowest BCUT2D eigenvalue weighted by Crippen LogP contribution is -2.32. The highest BCUT2D eigenvalue weighted by Gasteiger charge is 2.31. The molecule has 0 N–H and O–H groups in total. The Morgan fingerprint density at radius 1 is 1.13 bits per heavy atom. The van der Waals surface area contributed by atoms with Crippen LogP contribution in [0.2, 0.25) is 0 Å². The molecule has 0 spiro atoms. The van der Waals surface area contributed by atoms with Crippen LogP contribution in [0.5, 0.6) is 5.75 Å². The Kier molecular flexibility index (Phi) is 4.39. The van der Waals surface area contributed by atoms with E-state index in [0.29, 0.717) is 30.0 Å². The van der Waals surface area contributed by atoms with Gasteiger partial charge in [0.2, 0.25) is 0 Å². The summed E-state index contributed by atoms with van der Waals surface area (Å²) in [7, 11) is 0. The number of nitrogens with zero attached hydrogens (tertiary/aromatic N) is 1. The summed E-state index contributed by atoms with van der Waals surface area (Å²) < 4.78 is 50.6. The first kappa shape index (κ1) is 19.2. The molecule has 7 heteroatoms. The van der Waals surface area contributed by atoms with Crippen molar-refractivity contribution in [2.75, 3.05) is 6.73 Å². The zero-order chi connectivity index (χ0) is 21.0. The van der Waals surface area contributed by atoms with Gasteiger partial charge in [0.1, 0.15) is 18.1 Å². The molecule has 0 fully saturated rings. The molecular formula is C23H20F3NO3. The molecular weight excluding hydrogens is 395 g/mol. The van der Waals surface area contributed by atoms with Crippen LogP contribution in [0.3, 0.4) is 0 Å². The molecule has 3 aromatic rings. The molecule has 2 aromatic carbocycles. The maximum atomic E-state index is 13.0. The van der Waals surface area contributed by atoms with Gasteiger partial charge in [-0.2, -0.15) is 13.2 Å². The number of halogens is 3. The quantitative estimate of drug-likeness (QED) is 0.555. The lowest BCUT2D eigenvalue weighted by Gasteiger charge is -2.30. The van der Waals surface area contributed by atoms with Crippen LogP contribution in [-0.4, -0.2) is 11.6 Å². The molecule has 0 unspecified atom stereocenters. The number of hydrogen-bond donors (Lipinski definition) is 0. The lowest BCUT2D eigenvalue weighted by atomic mass is 9.99. The molecule has 0 atom stereocenters. The molecule has 0 radical (unpaired) electrons. The highest BCUT2D eigenvalue weighted by atomic mass is 19.4. The summed E-state index contributed by atoms with van der Waals surface area (Å²) in [4.78, 5) is 14.3. The van der Waals surface area contributed by atoms with Crippen molar-refractivity contribution in [1.29, 1.82) is 0 Å². The fourth-order valence-electron chi connectivity index (χ4n) is 4.59. The summed E-state index contributed by atoms with van der Waals surface area (Å²) in [6.07, 6.45) is -1.83. The maximum Gasteiger partial charge on any atom is 0.416 e. The topological polar surface area (TPSA) is 42.7 Å². The fourth-order valence-corrected chi connectivity index (χ4v) is 4.59. The van der Waals surface area contributed by atoms with Crippen molar-refractivity contribution in [2.24, 2.45) is 0 Å². The molecule has 0 saturated carbocycles. The predicted molar refractivity (Wildman–Crippen MR) is 105 cm³/mol. The average molecular weight is 415 g/mol. The lowest BCUT2D eigenvalue weighted by molar-refractivity contribution is -0.137. The Labute approximate surface area is 170 Å². The van der Waals surface area contributed by atoms with Gasteiger partial charge in [-0.25, -0.2) is 4.79 Å². The summed E-state index contributed by atoms with van der Waals surface area (Å²) in [5, 5.41) is 0.947. The number of alkyl halides is 3. The van der Waals surface area contributed by atoms with Gasteiger partial charge in [-0.1, -0.05) is 18.2 Å². The van der Waals surface area contributed by atoms with Crippen molar-refractivity contribution in [1.82, 2.24) is 4.90 Å². The van der Waals surface area contributed by atoms with E-state index in [-0.39, 0.29) is 12.4 Å². The molecule has 2 aliphatic rings. The van der Waals surface area contributed by atoms with Crippen molar-refractivity contribution < 1.29 is 22.3 Å². The Bertz CT molecular complexity index is 1210. The zero-order valence-corrected chi connectivity index (χ0v) is 16.4. The van der Waals surface area contributed by atoms with Gasteiger partial charge in [0, 0.05) is 35.2 Å². The minimum absolute atomic E-state index is 0.255.